The summed E-state index contributed by atoms with van der Waals surface area (Å²) >= 11 is 0. The molecule has 0 atom stereocenters. The number of rotatable bonds is 8. The summed E-state index contributed by atoms with van der Waals surface area (Å²) in [7, 11) is 1.70. The Hall–Kier alpha value is -2.04. The van der Waals surface area contributed by atoms with E-state index in [4.69, 9.17) is 9.47 Å². The minimum absolute atomic E-state index is 0.0871. The van der Waals surface area contributed by atoms with Crippen LogP contribution >= 0.6 is 0 Å². The molecular weight excluding hydrogens is 270 g/mol. The van der Waals surface area contributed by atoms with E-state index < -0.39 is 0 Å². The lowest BCUT2D eigenvalue weighted by Crippen LogP contribution is -2.31. The first kappa shape index (κ1) is 17.0. The Balaban J connectivity index is 2.25. The van der Waals surface area contributed by atoms with Crippen LogP contribution in [0.5, 0.6) is 5.75 Å². The van der Waals surface area contributed by atoms with E-state index in [1.54, 1.807) is 18.9 Å². The smallest absolute Gasteiger partial charge is 0.306 e. The molecule has 0 aliphatic rings. The van der Waals surface area contributed by atoms with Gasteiger partial charge in [-0.15, -0.1) is 0 Å². The predicted molar refractivity (Wildman–Crippen MR) is 80.2 cm³/mol. The van der Waals surface area contributed by atoms with Gasteiger partial charge in [0.15, 0.2) is 0 Å². The quantitative estimate of drug-likeness (QED) is 0.689. The van der Waals surface area contributed by atoms with Crippen molar-refractivity contribution in [3.63, 3.8) is 0 Å². The Morgan fingerprint density at radius 3 is 2.67 bits per heavy atom. The molecule has 0 saturated heterocycles. The highest BCUT2D eigenvalue weighted by Gasteiger charge is 2.11. The topological polar surface area (TPSA) is 55.8 Å². The van der Waals surface area contributed by atoms with Gasteiger partial charge in [-0.1, -0.05) is 12.1 Å². The van der Waals surface area contributed by atoms with Crippen molar-refractivity contribution in [3.05, 3.63) is 29.8 Å². The predicted octanol–water partition coefficient (Wildman–Crippen LogP) is 2.18. The van der Waals surface area contributed by atoms with Gasteiger partial charge in [0, 0.05) is 13.5 Å². The van der Waals surface area contributed by atoms with Crippen molar-refractivity contribution >= 4 is 11.9 Å². The zero-order valence-electron chi connectivity index (χ0n) is 12.9. The number of hydrogen-bond acceptors (Lipinski definition) is 4. The number of carbonyl (C=O) groups excluding carboxylic acids is 2. The fourth-order valence-corrected chi connectivity index (χ4v) is 1.76. The SMILES string of the molecule is CCOC(=O)CCC(=O)N(C)CCOc1cccc(C)c1. The average Bonchev–Trinajstić information content (AvgIpc) is 2.45. The molecule has 1 aromatic rings. The molecule has 1 amide bonds. The second kappa shape index (κ2) is 9.00. The Morgan fingerprint density at radius 2 is 2.00 bits per heavy atom. The fraction of sp³-hybridized carbons (Fsp3) is 0.500. The average molecular weight is 293 g/mol. The minimum atomic E-state index is -0.338. The molecule has 0 bridgehead atoms. The summed E-state index contributed by atoms with van der Waals surface area (Å²) < 4.78 is 10.4. The first-order valence-electron chi connectivity index (χ1n) is 7.12. The molecule has 5 nitrogen and oxygen atoms in total. The van der Waals surface area contributed by atoms with Gasteiger partial charge >= 0.3 is 5.97 Å². The van der Waals surface area contributed by atoms with Gasteiger partial charge in [0.1, 0.15) is 12.4 Å². The number of carbonyl (C=O) groups is 2. The van der Waals surface area contributed by atoms with Gasteiger partial charge in [0.25, 0.3) is 0 Å². The monoisotopic (exact) mass is 293 g/mol. The Bertz CT molecular complexity index is 473. The molecule has 0 saturated carbocycles. The minimum Gasteiger partial charge on any atom is -0.492 e. The van der Waals surface area contributed by atoms with Crippen LogP contribution in [0.25, 0.3) is 0 Å². The van der Waals surface area contributed by atoms with Crippen LogP contribution in [-0.2, 0) is 14.3 Å². The molecule has 0 N–H and O–H groups in total. The lowest BCUT2D eigenvalue weighted by molar-refractivity contribution is -0.145. The van der Waals surface area contributed by atoms with Crippen LogP contribution in [0.15, 0.2) is 24.3 Å². The zero-order chi connectivity index (χ0) is 15.7. The summed E-state index contributed by atoms with van der Waals surface area (Å²) in [6.45, 7) is 4.99. The normalized spacial score (nSPS) is 10.0. The number of likely N-dealkylation sites (N-methyl/N-ethyl adjacent to an activating group) is 1. The van der Waals surface area contributed by atoms with Crippen molar-refractivity contribution in [1.29, 1.82) is 0 Å². The Kier molecular flexibility index (Phi) is 7.29. The molecule has 21 heavy (non-hydrogen) atoms. The lowest BCUT2D eigenvalue weighted by Gasteiger charge is -2.17. The van der Waals surface area contributed by atoms with Gasteiger partial charge < -0.3 is 14.4 Å². The summed E-state index contributed by atoms with van der Waals surface area (Å²) in [6.07, 6.45) is 0.287. The van der Waals surface area contributed by atoms with Crippen molar-refractivity contribution in [2.45, 2.75) is 26.7 Å². The van der Waals surface area contributed by atoms with Gasteiger partial charge in [-0.3, -0.25) is 9.59 Å². The third-order valence-corrected chi connectivity index (χ3v) is 2.96. The summed E-state index contributed by atoms with van der Waals surface area (Å²) in [5.74, 6) is 0.369. The second-order valence-electron chi connectivity index (χ2n) is 4.79. The maximum Gasteiger partial charge on any atom is 0.306 e. The largest absolute Gasteiger partial charge is 0.492 e. The first-order valence-corrected chi connectivity index (χ1v) is 7.12. The van der Waals surface area contributed by atoms with E-state index in [9.17, 15) is 9.59 Å². The summed E-state index contributed by atoms with van der Waals surface area (Å²) in [5, 5.41) is 0. The highest BCUT2D eigenvalue weighted by molar-refractivity contribution is 5.81. The molecule has 0 unspecified atom stereocenters. The van der Waals surface area contributed by atoms with Crippen LogP contribution in [0.2, 0.25) is 0 Å². The number of aryl methyl sites for hydroxylation is 1. The van der Waals surface area contributed by atoms with Gasteiger partial charge in [0.05, 0.1) is 19.6 Å². The lowest BCUT2D eigenvalue weighted by atomic mass is 10.2. The fourth-order valence-electron chi connectivity index (χ4n) is 1.76. The third-order valence-electron chi connectivity index (χ3n) is 2.96. The van der Waals surface area contributed by atoms with Crippen molar-refractivity contribution in [3.8, 4) is 5.75 Å². The molecule has 0 aliphatic heterocycles. The van der Waals surface area contributed by atoms with E-state index in [0.29, 0.717) is 19.8 Å². The number of nitrogens with zero attached hydrogens (tertiary/aromatic N) is 1. The van der Waals surface area contributed by atoms with E-state index in [2.05, 4.69) is 0 Å². The van der Waals surface area contributed by atoms with E-state index in [-0.39, 0.29) is 24.7 Å². The molecule has 0 fully saturated rings. The molecule has 0 spiro atoms. The van der Waals surface area contributed by atoms with Gasteiger partial charge in [-0.05, 0) is 31.5 Å². The number of ether oxygens (including phenoxy) is 2. The molecule has 0 radical (unpaired) electrons. The van der Waals surface area contributed by atoms with Crippen LogP contribution in [0, 0.1) is 6.92 Å². The molecule has 5 heteroatoms. The Morgan fingerprint density at radius 1 is 1.24 bits per heavy atom. The van der Waals surface area contributed by atoms with Crippen LogP contribution < -0.4 is 4.74 Å². The van der Waals surface area contributed by atoms with E-state index >= 15 is 0 Å². The van der Waals surface area contributed by atoms with Crippen molar-refractivity contribution in [2.24, 2.45) is 0 Å². The number of benzene rings is 1. The second-order valence-corrected chi connectivity index (χ2v) is 4.79. The highest BCUT2D eigenvalue weighted by atomic mass is 16.5. The van der Waals surface area contributed by atoms with Crippen LogP contribution in [0.1, 0.15) is 25.3 Å². The van der Waals surface area contributed by atoms with Crippen LogP contribution in [0.3, 0.4) is 0 Å². The molecule has 0 heterocycles. The number of esters is 1. The number of amides is 1. The first-order chi connectivity index (χ1) is 10.0. The maximum absolute atomic E-state index is 11.8. The van der Waals surface area contributed by atoms with E-state index in [0.717, 1.165) is 11.3 Å². The highest BCUT2D eigenvalue weighted by Crippen LogP contribution is 2.12. The standard InChI is InChI=1S/C16H23NO4/c1-4-20-16(19)9-8-15(18)17(3)10-11-21-14-7-5-6-13(2)12-14/h5-7,12H,4,8-11H2,1-3H3. The molecule has 0 aliphatic carbocycles. The van der Waals surface area contributed by atoms with Crippen molar-refractivity contribution in [1.82, 2.24) is 4.90 Å². The third kappa shape index (κ3) is 6.79. The Labute approximate surface area is 125 Å². The molecular formula is C16H23NO4. The van der Waals surface area contributed by atoms with E-state index in [1.807, 2.05) is 31.2 Å². The molecule has 116 valence electrons. The van der Waals surface area contributed by atoms with Gasteiger partial charge in [0.2, 0.25) is 5.91 Å². The van der Waals surface area contributed by atoms with Crippen molar-refractivity contribution in [2.75, 3.05) is 26.8 Å². The summed E-state index contributed by atoms with van der Waals surface area (Å²) in [6, 6.07) is 7.76. The molecule has 1 rings (SSSR count). The van der Waals surface area contributed by atoms with Gasteiger partial charge in [-0.2, -0.15) is 0 Å². The van der Waals surface area contributed by atoms with Gasteiger partial charge in [-0.25, -0.2) is 0 Å². The van der Waals surface area contributed by atoms with Crippen LogP contribution in [-0.4, -0.2) is 43.6 Å². The number of hydrogen-bond donors (Lipinski definition) is 0. The van der Waals surface area contributed by atoms with Crippen molar-refractivity contribution < 1.29 is 19.1 Å². The zero-order valence-corrected chi connectivity index (χ0v) is 12.9. The maximum atomic E-state index is 11.8. The van der Waals surface area contributed by atoms with Crippen LogP contribution in [0.4, 0.5) is 0 Å². The summed E-state index contributed by atoms with van der Waals surface area (Å²) in [4.78, 5) is 24.6. The molecule has 0 aromatic heterocycles. The molecule has 1 aromatic carbocycles. The van der Waals surface area contributed by atoms with E-state index in [1.165, 1.54) is 0 Å². The summed E-state index contributed by atoms with van der Waals surface area (Å²) in [5.41, 5.74) is 1.13.